The summed E-state index contributed by atoms with van der Waals surface area (Å²) >= 11 is 0.976. The summed E-state index contributed by atoms with van der Waals surface area (Å²) in [4.78, 5) is 52.8. The van der Waals surface area contributed by atoms with Crippen LogP contribution in [0.3, 0.4) is 0 Å². The first-order chi connectivity index (χ1) is 15.8. The summed E-state index contributed by atoms with van der Waals surface area (Å²) in [5.41, 5.74) is 0.944. The number of ether oxygens (including phenoxy) is 1. The van der Waals surface area contributed by atoms with Crippen LogP contribution in [0.2, 0.25) is 0 Å². The molecule has 0 aromatic heterocycles. The van der Waals surface area contributed by atoms with Gasteiger partial charge in [0.15, 0.2) is 5.12 Å². The fourth-order valence-electron chi connectivity index (χ4n) is 4.43. The second kappa shape index (κ2) is 13.4. The van der Waals surface area contributed by atoms with Crippen LogP contribution in [-0.2, 0) is 30.3 Å². The molecule has 7 nitrogen and oxygen atoms in total. The Bertz CT molecular complexity index is 816. The summed E-state index contributed by atoms with van der Waals surface area (Å²) in [7, 11) is 1.33. The van der Waals surface area contributed by atoms with Crippen LogP contribution in [0.15, 0.2) is 30.3 Å². The molecule has 1 N–H and O–H groups in total. The molecule has 182 valence electrons. The number of thioether (sulfide) groups is 1. The zero-order valence-corrected chi connectivity index (χ0v) is 20.9. The number of likely N-dealkylation sites (tertiary alicyclic amines) is 1. The molecule has 1 aliphatic rings. The van der Waals surface area contributed by atoms with Crippen LogP contribution in [0.1, 0.15) is 64.9 Å². The molecule has 0 spiro atoms. The van der Waals surface area contributed by atoms with Crippen molar-refractivity contribution < 1.29 is 23.9 Å². The van der Waals surface area contributed by atoms with E-state index in [4.69, 9.17) is 4.74 Å². The molecule has 0 aliphatic carbocycles. The summed E-state index contributed by atoms with van der Waals surface area (Å²) in [6, 6.07) is 8.02. The first-order valence-corrected chi connectivity index (χ1v) is 12.6. The van der Waals surface area contributed by atoms with Gasteiger partial charge in [-0.2, -0.15) is 0 Å². The third kappa shape index (κ3) is 7.59. The number of rotatable bonds is 10. The molecule has 1 fully saturated rings. The van der Waals surface area contributed by atoms with Crippen molar-refractivity contribution in [2.24, 2.45) is 0 Å². The first-order valence-electron chi connectivity index (χ1n) is 11.7. The molecule has 1 heterocycles. The van der Waals surface area contributed by atoms with Gasteiger partial charge in [0.2, 0.25) is 11.8 Å². The second-order valence-corrected chi connectivity index (χ2v) is 9.79. The number of hydrogen-bond donors (Lipinski definition) is 1. The van der Waals surface area contributed by atoms with Crippen molar-refractivity contribution in [3.63, 3.8) is 0 Å². The van der Waals surface area contributed by atoms with Crippen molar-refractivity contribution in [1.82, 2.24) is 10.2 Å². The largest absolute Gasteiger partial charge is 0.467 e. The highest BCUT2D eigenvalue weighted by molar-refractivity contribution is 8.14. The molecule has 1 aromatic rings. The summed E-state index contributed by atoms with van der Waals surface area (Å²) in [5.74, 6) is -1.02. The van der Waals surface area contributed by atoms with Gasteiger partial charge in [-0.25, -0.2) is 4.79 Å². The minimum atomic E-state index is -0.733. The maximum absolute atomic E-state index is 13.6. The number of benzene rings is 1. The Balaban J connectivity index is 2.25. The Morgan fingerprint density at radius 1 is 1.18 bits per heavy atom. The Morgan fingerprint density at radius 2 is 1.88 bits per heavy atom. The van der Waals surface area contributed by atoms with Crippen molar-refractivity contribution in [1.29, 1.82) is 0 Å². The van der Waals surface area contributed by atoms with E-state index in [2.05, 4.69) is 12.2 Å². The zero-order chi connectivity index (χ0) is 24.4. The van der Waals surface area contributed by atoms with Gasteiger partial charge in [-0.05, 0) is 44.1 Å². The van der Waals surface area contributed by atoms with Crippen LogP contribution in [0, 0.1) is 0 Å². The fourth-order valence-corrected chi connectivity index (χ4v) is 5.28. The molecule has 8 heteroatoms. The molecule has 0 bridgehead atoms. The van der Waals surface area contributed by atoms with E-state index in [0.717, 1.165) is 43.0 Å². The summed E-state index contributed by atoms with van der Waals surface area (Å²) in [5, 5.41) is 2.12. The smallest absolute Gasteiger partial charge is 0.328 e. The fraction of sp³-hybridized carbons (Fsp3) is 0.600. The van der Waals surface area contributed by atoms with E-state index in [-0.39, 0.29) is 23.0 Å². The van der Waals surface area contributed by atoms with Crippen LogP contribution in [0.25, 0.3) is 0 Å². The molecule has 0 unspecified atom stereocenters. The number of methoxy groups -OCH3 is 1. The summed E-state index contributed by atoms with van der Waals surface area (Å²) in [6.07, 6.45) is 4.54. The SMILES string of the molecule is CCC[C@H]1CCC[C@H](NC(=O)[C@H](Cc2ccccc2)SC(C)=O)C(=O)N1[C@@H](CC)C(=O)OC. The van der Waals surface area contributed by atoms with Gasteiger partial charge < -0.3 is 15.0 Å². The van der Waals surface area contributed by atoms with Gasteiger partial charge in [0.25, 0.3) is 0 Å². The lowest BCUT2D eigenvalue weighted by Crippen LogP contribution is -2.57. The van der Waals surface area contributed by atoms with Crippen molar-refractivity contribution in [3.8, 4) is 0 Å². The van der Waals surface area contributed by atoms with E-state index in [0.29, 0.717) is 19.3 Å². The minimum Gasteiger partial charge on any atom is -0.467 e. The predicted octanol–water partition coefficient (Wildman–Crippen LogP) is 3.50. The van der Waals surface area contributed by atoms with E-state index in [1.807, 2.05) is 37.3 Å². The standard InChI is InChI=1S/C25H36N2O5S/c1-5-11-19-14-10-15-20(24(30)27(19)21(6-2)25(31)32-4)26-23(29)22(33-17(3)28)16-18-12-8-7-9-13-18/h7-9,12-13,19-22H,5-6,10-11,14-16H2,1-4H3,(H,26,29)/t19-,20-,21-,22-/m0/s1. The zero-order valence-electron chi connectivity index (χ0n) is 20.0. The van der Waals surface area contributed by atoms with Gasteiger partial charge in [-0.1, -0.05) is 62.4 Å². The van der Waals surface area contributed by atoms with Crippen molar-refractivity contribution >= 4 is 34.7 Å². The van der Waals surface area contributed by atoms with Gasteiger partial charge in [0.1, 0.15) is 12.1 Å². The molecule has 1 aromatic carbocycles. The lowest BCUT2D eigenvalue weighted by atomic mass is 10.0. The molecule has 4 atom stereocenters. The summed E-state index contributed by atoms with van der Waals surface area (Å²) < 4.78 is 4.98. The molecular formula is C25H36N2O5S. The van der Waals surface area contributed by atoms with E-state index in [1.54, 1.807) is 4.90 Å². The number of esters is 1. The van der Waals surface area contributed by atoms with Gasteiger partial charge in [0.05, 0.1) is 12.4 Å². The molecule has 1 saturated heterocycles. The van der Waals surface area contributed by atoms with Crippen molar-refractivity contribution in [2.75, 3.05) is 7.11 Å². The van der Waals surface area contributed by atoms with E-state index in [9.17, 15) is 19.2 Å². The van der Waals surface area contributed by atoms with E-state index < -0.39 is 23.3 Å². The Hall–Kier alpha value is -2.35. The van der Waals surface area contributed by atoms with Gasteiger partial charge in [-0.3, -0.25) is 14.4 Å². The minimum absolute atomic E-state index is 0.0693. The highest BCUT2D eigenvalue weighted by atomic mass is 32.2. The normalized spacial score (nSPS) is 20.5. The average molecular weight is 477 g/mol. The lowest BCUT2D eigenvalue weighted by molar-refractivity contribution is -0.156. The van der Waals surface area contributed by atoms with Crippen molar-refractivity contribution in [2.45, 2.75) is 89.1 Å². The Morgan fingerprint density at radius 3 is 2.45 bits per heavy atom. The highest BCUT2D eigenvalue weighted by Gasteiger charge is 2.40. The molecule has 33 heavy (non-hydrogen) atoms. The third-order valence-electron chi connectivity index (χ3n) is 5.97. The van der Waals surface area contributed by atoms with Crippen LogP contribution >= 0.6 is 11.8 Å². The monoisotopic (exact) mass is 476 g/mol. The lowest BCUT2D eigenvalue weighted by Gasteiger charge is -2.36. The molecule has 2 amide bonds. The van der Waals surface area contributed by atoms with Crippen LogP contribution in [0.4, 0.5) is 0 Å². The second-order valence-electron chi connectivity index (χ2n) is 8.42. The highest BCUT2D eigenvalue weighted by Crippen LogP contribution is 2.26. The van der Waals surface area contributed by atoms with Crippen molar-refractivity contribution in [3.05, 3.63) is 35.9 Å². The molecule has 0 radical (unpaired) electrons. The third-order valence-corrected chi connectivity index (χ3v) is 6.97. The van der Waals surface area contributed by atoms with Crippen LogP contribution in [0.5, 0.6) is 0 Å². The first kappa shape index (κ1) is 26.9. The number of hydrogen-bond acceptors (Lipinski definition) is 6. The summed E-state index contributed by atoms with van der Waals surface area (Å²) in [6.45, 7) is 5.35. The van der Waals surface area contributed by atoms with Gasteiger partial charge >= 0.3 is 5.97 Å². The number of nitrogens with one attached hydrogen (secondary N) is 1. The van der Waals surface area contributed by atoms with E-state index >= 15 is 0 Å². The van der Waals surface area contributed by atoms with E-state index in [1.165, 1.54) is 14.0 Å². The van der Waals surface area contributed by atoms with Gasteiger partial charge in [0, 0.05) is 13.0 Å². The molecular weight excluding hydrogens is 440 g/mol. The Labute approximate surface area is 201 Å². The molecule has 1 aliphatic heterocycles. The number of carbonyl (C=O) groups is 4. The molecule has 2 rings (SSSR count). The van der Waals surface area contributed by atoms with Crippen LogP contribution < -0.4 is 5.32 Å². The Kier molecular flexibility index (Phi) is 10.9. The topological polar surface area (TPSA) is 92.8 Å². The quantitative estimate of drug-likeness (QED) is 0.520. The maximum atomic E-state index is 13.6. The maximum Gasteiger partial charge on any atom is 0.328 e. The number of carbonyl (C=O) groups excluding carboxylic acids is 4. The predicted molar refractivity (Wildman–Crippen MR) is 130 cm³/mol. The average Bonchev–Trinajstić information content (AvgIpc) is 2.94. The van der Waals surface area contributed by atoms with Gasteiger partial charge in [-0.15, -0.1) is 0 Å². The number of nitrogens with zero attached hydrogens (tertiary/aromatic N) is 1. The van der Waals surface area contributed by atoms with Crippen LogP contribution in [-0.4, -0.2) is 58.3 Å². The number of amides is 2. The molecule has 0 saturated carbocycles.